The Morgan fingerprint density at radius 2 is 1.77 bits per heavy atom. The summed E-state index contributed by atoms with van der Waals surface area (Å²) in [7, 11) is 1.70. The van der Waals surface area contributed by atoms with E-state index in [1.165, 1.54) is 6.07 Å². The van der Waals surface area contributed by atoms with Crippen molar-refractivity contribution in [1.29, 1.82) is 0 Å². The first-order valence-corrected chi connectivity index (χ1v) is 10.7. The molecular formula is C24H25ClF3NO2. The highest BCUT2D eigenvalue weighted by Crippen LogP contribution is 2.39. The predicted molar refractivity (Wildman–Crippen MR) is 115 cm³/mol. The molecule has 2 aliphatic rings. The van der Waals surface area contributed by atoms with E-state index in [2.05, 4.69) is 35.7 Å². The summed E-state index contributed by atoms with van der Waals surface area (Å²) in [6.45, 7) is 6.97. The summed E-state index contributed by atoms with van der Waals surface area (Å²) in [6.07, 6.45) is -2.76. The monoisotopic (exact) mass is 451 g/mol. The fourth-order valence-corrected chi connectivity index (χ4v) is 4.63. The third-order valence-corrected chi connectivity index (χ3v) is 6.76. The number of hydrogen-bond donors (Lipinski definition) is 0. The third kappa shape index (κ3) is 4.34. The summed E-state index contributed by atoms with van der Waals surface area (Å²) in [5.74, 6) is 0.186. The number of ether oxygens (including phenoxy) is 2. The summed E-state index contributed by atoms with van der Waals surface area (Å²) < 4.78 is 49.8. The number of piperidine rings is 1. The standard InChI is InChI=1S/C24H25ClF3NO2/c1-16(17-3-6-20(7-4-17)23(30-2)14-31-15-23)29-11-9-18(10-12-29)19-5-8-21(22(25)13-19)24(26,27)28/h3-8,13,18H,1,9-12,14-15H2,2H3. The Labute approximate surface area is 185 Å². The molecule has 2 fully saturated rings. The first kappa shape index (κ1) is 22.2. The molecule has 2 saturated heterocycles. The van der Waals surface area contributed by atoms with Crippen LogP contribution in [0.1, 0.15) is 41.0 Å². The van der Waals surface area contributed by atoms with Crippen molar-refractivity contribution in [2.75, 3.05) is 33.4 Å². The molecule has 166 valence electrons. The van der Waals surface area contributed by atoms with Gasteiger partial charge in [-0.3, -0.25) is 0 Å². The Morgan fingerprint density at radius 1 is 1.13 bits per heavy atom. The van der Waals surface area contributed by atoms with Gasteiger partial charge in [0.2, 0.25) is 0 Å². The number of benzene rings is 2. The first-order valence-electron chi connectivity index (χ1n) is 10.3. The maximum Gasteiger partial charge on any atom is 0.417 e. The van der Waals surface area contributed by atoms with Crippen LogP contribution in [0.5, 0.6) is 0 Å². The van der Waals surface area contributed by atoms with Crippen molar-refractivity contribution in [3.63, 3.8) is 0 Å². The number of alkyl halides is 3. The highest BCUT2D eigenvalue weighted by atomic mass is 35.5. The fraction of sp³-hybridized carbons (Fsp3) is 0.417. The van der Waals surface area contributed by atoms with E-state index in [0.29, 0.717) is 13.2 Å². The van der Waals surface area contributed by atoms with Crippen molar-refractivity contribution in [3.05, 3.63) is 76.3 Å². The minimum atomic E-state index is -4.43. The molecule has 2 aromatic carbocycles. The molecule has 3 nitrogen and oxygen atoms in total. The van der Waals surface area contributed by atoms with Crippen LogP contribution in [0.2, 0.25) is 5.02 Å². The van der Waals surface area contributed by atoms with Crippen molar-refractivity contribution in [1.82, 2.24) is 4.90 Å². The van der Waals surface area contributed by atoms with Gasteiger partial charge in [-0.1, -0.05) is 48.5 Å². The number of halogens is 4. The van der Waals surface area contributed by atoms with Crippen molar-refractivity contribution in [3.8, 4) is 0 Å². The Balaban J connectivity index is 1.38. The molecule has 0 atom stereocenters. The highest BCUT2D eigenvalue weighted by Gasteiger charge is 2.40. The molecule has 0 amide bonds. The van der Waals surface area contributed by atoms with Crippen LogP contribution in [0, 0.1) is 0 Å². The van der Waals surface area contributed by atoms with Gasteiger partial charge in [-0.15, -0.1) is 0 Å². The second-order valence-corrected chi connectivity index (χ2v) is 8.62. The van der Waals surface area contributed by atoms with Crippen LogP contribution in [0.15, 0.2) is 49.0 Å². The van der Waals surface area contributed by atoms with Gasteiger partial charge in [0.05, 0.1) is 23.8 Å². The van der Waals surface area contributed by atoms with E-state index >= 15 is 0 Å². The predicted octanol–water partition coefficient (Wildman–Crippen LogP) is 6.08. The van der Waals surface area contributed by atoms with E-state index in [4.69, 9.17) is 21.1 Å². The molecule has 2 aliphatic heterocycles. The van der Waals surface area contributed by atoms with Gasteiger partial charge in [-0.25, -0.2) is 0 Å². The summed E-state index contributed by atoms with van der Waals surface area (Å²) >= 11 is 5.90. The summed E-state index contributed by atoms with van der Waals surface area (Å²) in [5, 5.41) is -0.234. The van der Waals surface area contributed by atoms with Gasteiger partial charge in [0.15, 0.2) is 0 Å². The normalized spacial score (nSPS) is 19.2. The largest absolute Gasteiger partial charge is 0.417 e. The van der Waals surface area contributed by atoms with E-state index in [1.807, 2.05) is 0 Å². The number of methoxy groups -OCH3 is 1. The molecule has 2 heterocycles. The number of hydrogen-bond acceptors (Lipinski definition) is 3. The third-order valence-electron chi connectivity index (χ3n) is 6.45. The summed E-state index contributed by atoms with van der Waals surface area (Å²) in [5.41, 5.74) is 2.83. The van der Waals surface area contributed by atoms with Crippen LogP contribution < -0.4 is 0 Å². The van der Waals surface area contributed by atoms with Gasteiger partial charge in [0.25, 0.3) is 0 Å². The maximum atomic E-state index is 12.9. The average molecular weight is 452 g/mol. The van der Waals surface area contributed by atoms with E-state index in [9.17, 15) is 13.2 Å². The van der Waals surface area contributed by atoms with Crippen LogP contribution in [0.4, 0.5) is 13.2 Å². The van der Waals surface area contributed by atoms with E-state index in [-0.39, 0.29) is 16.5 Å². The van der Waals surface area contributed by atoms with Crippen molar-refractivity contribution in [2.24, 2.45) is 0 Å². The van der Waals surface area contributed by atoms with E-state index < -0.39 is 11.7 Å². The van der Waals surface area contributed by atoms with Crippen molar-refractivity contribution < 1.29 is 22.6 Å². The molecular weight excluding hydrogens is 427 g/mol. The Hall–Kier alpha value is -2.02. The van der Waals surface area contributed by atoms with Crippen LogP contribution in [0.3, 0.4) is 0 Å². The number of likely N-dealkylation sites (tertiary alicyclic amines) is 1. The zero-order valence-corrected chi connectivity index (χ0v) is 18.1. The number of nitrogens with zero attached hydrogens (tertiary/aromatic N) is 1. The van der Waals surface area contributed by atoms with Gasteiger partial charge in [0, 0.05) is 25.9 Å². The zero-order chi connectivity index (χ0) is 22.2. The van der Waals surface area contributed by atoms with Crippen LogP contribution >= 0.6 is 11.6 Å². The summed E-state index contributed by atoms with van der Waals surface area (Å²) in [4.78, 5) is 2.23. The van der Waals surface area contributed by atoms with Gasteiger partial charge >= 0.3 is 6.18 Å². The second kappa shape index (κ2) is 8.49. The lowest BCUT2D eigenvalue weighted by atomic mass is 9.88. The Morgan fingerprint density at radius 3 is 2.26 bits per heavy atom. The molecule has 0 saturated carbocycles. The minimum Gasteiger partial charge on any atom is -0.375 e. The van der Waals surface area contributed by atoms with Crippen molar-refractivity contribution in [2.45, 2.75) is 30.5 Å². The lowest BCUT2D eigenvalue weighted by Crippen LogP contribution is -2.48. The van der Waals surface area contributed by atoms with Crippen LogP contribution in [-0.2, 0) is 21.3 Å². The molecule has 7 heteroatoms. The van der Waals surface area contributed by atoms with Gasteiger partial charge in [0.1, 0.15) is 5.60 Å². The maximum absolute atomic E-state index is 12.9. The molecule has 4 rings (SSSR count). The molecule has 0 unspecified atom stereocenters. The zero-order valence-electron chi connectivity index (χ0n) is 17.3. The minimum absolute atomic E-state index is 0.186. The lowest BCUT2D eigenvalue weighted by Gasteiger charge is -2.40. The number of rotatable bonds is 5. The SMILES string of the molecule is C=C(c1ccc(C2(OC)COC2)cc1)N1CCC(c2ccc(C(F)(F)F)c(Cl)c2)CC1. The quantitative estimate of drug-likeness (QED) is 0.549. The average Bonchev–Trinajstić information content (AvgIpc) is 2.72. The fourth-order valence-electron chi connectivity index (χ4n) is 4.34. The topological polar surface area (TPSA) is 21.7 Å². The molecule has 0 N–H and O–H groups in total. The molecule has 0 spiro atoms. The van der Waals surface area contributed by atoms with Gasteiger partial charge in [-0.2, -0.15) is 13.2 Å². The van der Waals surface area contributed by atoms with Crippen molar-refractivity contribution >= 4 is 17.3 Å². The molecule has 0 aromatic heterocycles. The van der Waals surface area contributed by atoms with Crippen LogP contribution in [-0.4, -0.2) is 38.3 Å². The first-order chi connectivity index (χ1) is 14.7. The smallest absolute Gasteiger partial charge is 0.375 e. The lowest BCUT2D eigenvalue weighted by molar-refractivity contribution is -0.202. The highest BCUT2D eigenvalue weighted by molar-refractivity contribution is 6.31. The molecule has 0 radical (unpaired) electrons. The van der Waals surface area contributed by atoms with Gasteiger partial charge in [-0.05, 0) is 47.6 Å². The summed E-state index contributed by atoms with van der Waals surface area (Å²) in [6, 6.07) is 12.3. The molecule has 2 aromatic rings. The Kier molecular flexibility index (Phi) is 6.08. The molecule has 31 heavy (non-hydrogen) atoms. The molecule has 0 aliphatic carbocycles. The van der Waals surface area contributed by atoms with Gasteiger partial charge < -0.3 is 14.4 Å². The van der Waals surface area contributed by atoms with Crippen LogP contribution in [0.25, 0.3) is 5.70 Å². The van der Waals surface area contributed by atoms with E-state index in [0.717, 1.165) is 54.4 Å². The Bertz CT molecular complexity index is 941. The molecule has 0 bridgehead atoms. The second-order valence-electron chi connectivity index (χ2n) is 8.21. The van der Waals surface area contributed by atoms with E-state index in [1.54, 1.807) is 13.2 Å².